The summed E-state index contributed by atoms with van der Waals surface area (Å²) in [5.41, 5.74) is 3.45. The van der Waals surface area contributed by atoms with Gasteiger partial charge in [-0.15, -0.1) is 0 Å². The number of rotatable bonds is 7. The molecule has 2 aromatic carbocycles. The van der Waals surface area contributed by atoms with Gasteiger partial charge >= 0.3 is 0 Å². The van der Waals surface area contributed by atoms with E-state index in [0.717, 1.165) is 24.2 Å². The van der Waals surface area contributed by atoms with E-state index in [4.69, 9.17) is 0 Å². The number of para-hydroxylation sites is 1. The Balaban J connectivity index is 1.78. The van der Waals surface area contributed by atoms with E-state index in [-0.39, 0.29) is 5.91 Å². The Morgan fingerprint density at radius 2 is 1.74 bits per heavy atom. The fourth-order valence-corrected chi connectivity index (χ4v) is 2.89. The van der Waals surface area contributed by atoms with E-state index in [2.05, 4.69) is 41.3 Å². The predicted molar refractivity (Wildman–Crippen MR) is 109 cm³/mol. The van der Waals surface area contributed by atoms with Crippen LogP contribution in [0.25, 0.3) is 0 Å². The van der Waals surface area contributed by atoms with Crippen molar-refractivity contribution in [3.05, 3.63) is 83.7 Å². The van der Waals surface area contributed by atoms with E-state index < -0.39 is 0 Å². The largest absolute Gasteiger partial charge is 0.337 e. The number of benzene rings is 2. The summed E-state index contributed by atoms with van der Waals surface area (Å²) in [6, 6.07) is 19.6. The molecule has 1 amide bonds. The molecule has 1 aromatic heterocycles. The normalized spacial score (nSPS) is 10.4. The van der Waals surface area contributed by atoms with E-state index in [9.17, 15) is 4.79 Å². The molecule has 27 heavy (non-hydrogen) atoms. The highest BCUT2D eigenvalue weighted by atomic mass is 16.1. The molecule has 0 bridgehead atoms. The highest BCUT2D eigenvalue weighted by Crippen LogP contribution is 2.17. The van der Waals surface area contributed by atoms with Gasteiger partial charge in [0.25, 0.3) is 5.91 Å². The first kappa shape index (κ1) is 18.6. The molecule has 0 radical (unpaired) electrons. The van der Waals surface area contributed by atoms with Crippen LogP contribution >= 0.6 is 0 Å². The first-order chi connectivity index (χ1) is 13.2. The van der Waals surface area contributed by atoms with Crippen LogP contribution in [-0.2, 0) is 13.0 Å². The molecule has 3 aromatic rings. The highest BCUT2D eigenvalue weighted by Gasteiger charge is 2.14. The van der Waals surface area contributed by atoms with E-state index in [1.165, 1.54) is 5.56 Å². The van der Waals surface area contributed by atoms with Crippen molar-refractivity contribution in [1.29, 1.82) is 0 Å². The van der Waals surface area contributed by atoms with Gasteiger partial charge in [0, 0.05) is 25.0 Å². The predicted octanol–water partition coefficient (Wildman–Crippen LogP) is 4.32. The summed E-state index contributed by atoms with van der Waals surface area (Å²) in [7, 11) is 0. The lowest BCUT2D eigenvalue weighted by Gasteiger charge is -2.21. The molecule has 0 aliphatic rings. The molecular weight excluding hydrogens is 336 g/mol. The molecular formula is C22H24N4O. The first-order valence-electron chi connectivity index (χ1n) is 9.22. The van der Waals surface area contributed by atoms with Crippen molar-refractivity contribution in [2.24, 2.45) is 0 Å². The van der Waals surface area contributed by atoms with Crippen LogP contribution in [-0.4, -0.2) is 22.4 Å². The Morgan fingerprint density at radius 1 is 1.00 bits per heavy atom. The van der Waals surface area contributed by atoms with Gasteiger partial charge in [-0.05, 0) is 36.6 Å². The van der Waals surface area contributed by atoms with Gasteiger partial charge in [0.05, 0.1) is 0 Å². The lowest BCUT2D eigenvalue weighted by Crippen LogP contribution is -2.25. The Morgan fingerprint density at radius 3 is 2.48 bits per heavy atom. The number of aryl methyl sites for hydroxylation is 1. The molecule has 0 aliphatic carbocycles. The summed E-state index contributed by atoms with van der Waals surface area (Å²) < 4.78 is 0. The van der Waals surface area contributed by atoms with Crippen LogP contribution in [0.15, 0.2) is 66.9 Å². The summed E-state index contributed by atoms with van der Waals surface area (Å²) in [5.74, 6) is 0.327. The van der Waals surface area contributed by atoms with Crippen LogP contribution in [0.5, 0.6) is 0 Å². The number of carbonyl (C=O) groups excluding carboxylic acids is 1. The second-order valence-electron chi connectivity index (χ2n) is 6.21. The maximum absolute atomic E-state index is 12.7. The number of hydrogen-bond acceptors (Lipinski definition) is 4. The van der Waals surface area contributed by atoms with Gasteiger partial charge in [0.1, 0.15) is 5.69 Å². The van der Waals surface area contributed by atoms with Crippen LogP contribution in [0.4, 0.5) is 11.6 Å². The molecule has 0 spiro atoms. The standard InChI is InChI=1S/C22H24N4O/c1-3-18-12-8-9-13-19(18)24-21(27)20-14-15-23-22(25-20)26(4-2)16-17-10-6-5-7-11-17/h5-15H,3-4,16H2,1-2H3,(H,24,27). The van der Waals surface area contributed by atoms with Gasteiger partial charge in [0.2, 0.25) is 5.95 Å². The smallest absolute Gasteiger partial charge is 0.274 e. The first-order valence-corrected chi connectivity index (χ1v) is 9.22. The topological polar surface area (TPSA) is 58.1 Å². The molecule has 138 valence electrons. The van der Waals surface area contributed by atoms with E-state index >= 15 is 0 Å². The van der Waals surface area contributed by atoms with Gasteiger partial charge in [-0.3, -0.25) is 4.79 Å². The minimum atomic E-state index is -0.227. The van der Waals surface area contributed by atoms with Crippen LogP contribution in [0.2, 0.25) is 0 Å². The van der Waals surface area contributed by atoms with Crippen molar-refractivity contribution in [3.8, 4) is 0 Å². The van der Waals surface area contributed by atoms with E-state index in [0.29, 0.717) is 18.2 Å². The van der Waals surface area contributed by atoms with E-state index in [1.54, 1.807) is 12.3 Å². The zero-order chi connectivity index (χ0) is 19.1. The van der Waals surface area contributed by atoms with Crippen LogP contribution in [0.1, 0.15) is 35.5 Å². The van der Waals surface area contributed by atoms with Crippen LogP contribution in [0, 0.1) is 0 Å². The van der Waals surface area contributed by atoms with Crippen molar-refractivity contribution in [2.45, 2.75) is 26.8 Å². The third-order valence-electron chi connectivity index (χ3n) is 4.40. The minimum absolute atomic E-state index is 0.227. The van der Waals surface area contributed by atoms with Crippen molar-refractivity contribution in [2.75, 3.05) is 16.8 Å². The zero-order valence-corrected chi connectivity index (χ0v) is 15.7. The summed E-state index contributed by atoms with van der Waals surface area (Å²) >= 11 is 0. The second-order valence-corrected chi connectivity index (χ2v) is 6.21. The molecule has 3 rings (SSSR count). The van der Waals surface area contributed by atoms with Gasteiger partial charge in [-0.25, -0.2) is 9.97 Å². The van der Waals surface area contributed by atoms with E-state index in [1.807, 2.05) is 47.4 Å². The van der Waals surface area contributed by atoms with Crippen LogP contribution < -0.4 is 10.2 Å². The van der Waals surface area contributed by atoms with Crippen molar-refractivity contribution in [3.63, 3.8) is 0 Å². The molecule has 0 saturated carbocycles. The van der Waals surface area contributed by atoms with Gasteiger partial charge < -0.3 is 10.2 Å². The summed E-state index contributed by atoms with van der Waals surface area (Å²) in [4.78, 5) is 23.6. The Hall–Kier alpha value is -3.21. The number of carbonyl (C=O) groups is 1. The Kier molecular flexibility index (Phi) is 6.15. The summed E-state index contributed by atoms with van der Waals surface area (Å²) in [6.45, 7) is 5.56. The third-order valence-corrected chi connectivity index (χ3v) is 4.40. The maximum Gasteiger partial charge on any atom is 0.274 e. The molecule has 0 fully saturated rings. The number of hydrogen-bond donors (Lipinski definition) is 1. The third kappa shape index (κ3) is 4.70. The Labute approximate surface area is 160 Å². The molecule has 5 nitrogen and oxygen atoms in total. The fraction of sp³-hybridized carbons (Fsp3) is 0.227. The SMILES string of the molecule is CCc1ccccc1NC(=O)c1ccnc(N(CC)Cc2ccccc2)n1. The fourth-order valence-electron chi connectivity index (χ4n) is 2.89. The van der Waals surface area contributed by atoms with Crippen molar-refractivity contribution in [1.82, 2.24) is 9.97 Å². The minimum Gasteiger partial charge on any atom is -0.337 e. The molecule has 1 heterocycles. The average molecular weight is 360 g/mol. The lowest BCUT2D eigenvalue weighted by molar-refractivity contribution is 0.102. The number of nitrogens with one attached hydrogen (secondary N) is 1. The average Bonchev–Trinajstić information content (AvgIpc) is 2.73. The monoisotopic (exact) mass is 360 g/mol. The lowest BCUT2D eigenvalue weighted by atomic mass is 10.1. The van der Waals surface area contributed by atoms with Crippen molar-refractivity contribution < 1.29 is 4.79 Å². The quantitative estimate of drug-likeness (QED) is 0.682. The number of amides is 1. The van der Waals surface area contributed by atoms with Crippen molar-refractivity contribution >= 4 is 17.5 Å². The number of aromatic nitrogens is 2. The highest BCUT2D eigenvalue weighted by molar-refractivity contribution is 6.03. The maximum atomic E-state index is 12.7. The second kappa shape index (κ2) is 8.94. The molecule has 0 atom stereocenters. The summed E-state index contributed by atoms with van der Waals surface area (Å²) in [5, 5.41) is 2.96. The number of nitrogens with zero attached hydrogens (tertiary/aromatic N) is 3. The molecule has 0 saturated heterocycles. The number of anilines is 2. The molecule has 0 unspecified atom stereocenters. The molecule has 0 aliphatic heterocycles. The Bertz CT molecular complexity index is 896. The molecule has 1 N–H and O–H groups in total. The van der Waals surface area contributed by atoms with Gasteiger partial charge in [0.15, 0.2) is 0 Å². The van der Waals surface area contributed by atoms with Gasteiger partial charge in [-0.2, -0.15) is 0 Å². The zero-order valence-electron chi connectivity index (χ0n) is 15.7. The van der Waals surface area contributed by atoms with Gasteiger partial charge in [-0.1, -0.05) is 55.5 Å². The van der Waals surface area contributed by atoms with Crippen LogP contribution in [0.3, 0.4) is 0 Å². The molecule has 5 heteroatoms. The summed E-state index contributed by atoms with van der Waals surface area (Å²) in [6.07, 6.45) is 2.49.